The Kier molecular flexibility index (Phi) is 3.66. The Hall–Kier alpha value is -0.440. The van der Waals surface area contributed by atoms with Gasteiger partial charge in [0.1, 0.15) is 5.75 Å². The quantitative estimate of drug-likeness (QED) is 0.708. The van der Waals surface area contributed by atoms with Crippen LogP contribution in [0.15, 0.2) is 12.1 Å². The minimum absolute atomic E-state index is 0.175. The van der Waals surface area contributed by atoms with Crippen molar-refractivity contribution in [1.29, 1.82) is 0 Å². The minimum atomic E-state index is 0.175. The van der Waals surface area contributed by atoms with Crippen LogP contribution in [0.4, 0.5) is 0 Å². The van der Waals surface area contributed by atoms with Gasteiger partial charge in [-0.15, -0.1) is 0 Å². The van der Waals surface area contributed by atoms with Crippen molar-refractivity contribution in [3.05, 3.63) is 28.2 Å². The first kappa shape index (κ1) is 9.65. The Morgan fingerprint density at radius 2 is 2.17 bits per heavy atom. The lowest BCUT2D eigenvalue weighted by Crippen LogP contribution is -1.98. The van der Waals surface area contributed by atoms with Gasteiger partial charge in [-0.2, -0.15) is 0 Å². The second-order valence-corrected chi connectivity index (χ2v) is 2.86. The van der Waals surface area contributed by atoms with Crippen molar-refractivity contribution in [3.63, 3.8) is 0 Å². The number of ether oxygens (including phenoxy) is 2. The molecule has 0 spiro atoms. The van der Waals surface area contributed by atoms with Gasteiger partial charge in [0.2, 0.25) is 0 Å². The lowest BCUT2D eigenvalue weighted by molar-refractivity contribution is 0.0509. The van der Waals surface area contributed by atoms with Gasteiger partial charge in [-0.1, -0.05) is 23.2 Å². The summed E-state index contributed by atoms with van der Waals surface area (Å²) < 4.78 is 9.77. The molecule has 0 saturated heterocycles. The third kappa shape index (κ3) is 2.55. The standard InChI is InChI=1S/C8H7Cl2O2/c1-11-5-12-6-2-3-7(9)8(10)4-6/h3-4H,5H2,1H3. The summed E-state index contributed by atoms with van der Waals surface area (Å²) in [6.07, 6.45) is 0. The third-order valence-electron chi connectivity index (χ3n) is 1.16. The molecule has 0 saturated carbocycles. The second-order valence-electron chi connectivity index (χ2n) is 2.04. The number of methoxy groups -OCH3 is 1. The van der Waals surface area contributed by atoms with E-state index in [-0.39, 0.29) is 6.79 Å². The maximum absolute atomic E-state index is 5.72. The first-order valence-corrected chi connectivity index (χ1v) is 3.98. The van der Waals surface area contributed by atoms with Gasteiger partial charge in [0.25, 0.3) is 0 Å². The molecule has 0 bridgehead atoms. The fourth-order valence-corrected chi connectivity index (χ4v) is 0.898. The average Bonchev–Trinajstić information content (AvgIpc) is 2.07. The molecule has 0 unspecified atom stereocenters. The zero-order valence-corrected chi connectivity index (χ0v) is 7.95. The van der Waals surface area contributed by atoms with Crippen molar-refractivity contribution < 1.29 is 9.47 Å². The van der Waals surface area contributed by atoms with Crippen LogP contribution in [-0.4, -0.2) is 13.9 Å². The van der Waals surface area contributed by atoms with Crippen LogP contribution in [0.3, 0.4) is 0 Å². The molecule has 0 heterocycles. The van der Waals surface area contributed by atoms with Crippen LogP contribution in [0.25, 0.3) is 0 Å². The molecule has 0 aliphatic heterocycles. The highest BCUT2D eigenvalue weighted by Crippen LogP contribution is 2.25. The molecular weight excluding hydrogens is 199 g/mol. The molecule has 0 aromatic heterocycles. The van der Waals surface area contributed by atoms with E-state index in [4.69, 9.17) is 32.7 Å². The van der Waals surface area contributed by atoms with Crippen LogP contribution in [-0.2, 0) is 4.74 Å². The van der Waals surface area contributed by atoms with Crippen LogP contribution in [0.5, 0.6) is 5.75 Å². The highest BCUT2D eigenvalue weighted by Gasteiger charge is 1.99. The maximum atomic E-state index is 5.72. The fraction of sp³-hybridized carbons (Fsp3) is 0.250. The summed E-state index contributed by atoms with van der Waals surface area (Å²) in [5, 5.41) is 0.906. The molecular formula is C8H7Cl2O2. The van der Waals surface area contributed by atoms with Gasteiger partial charge in [-0.3, -0.25) is 0 Å². The van der Waals surface area contributed by atoms with Gasteiger partial charge in [0, 0.05) is 19.2 Å². The molecule has 1 aromatic rings. The summed E-state index contributed by atoms with van der Waals surface area (Å²) >= 11 is 11.4. The fourth-order valence-electron chi connectivity index (χ4n) is 0.635. The van der Waals surface area contributed by atoms with Gasteiger partial charge < -0.3 is 9.47 Å². The minimum Gasteiger partial charge on any atom is -0.467 e. The summed E-state index contributed by atoms with van der Waals surface area (Å²) in [7, 11) is 1.54. The smallest absolute Gasteiger partial charge is 0.188 e. The highest BCUT2D eigenvalue weighted by atomic mass is 35.5. The number of benzene rings is 1. The van der Waals surface area contributed by atoms with Crippen molar-refractivity contribution in [2.75, 3.05) is 13.9 Å². The Morgan fingerprint density at radius 1 is 1.42 bits per heavy atom. The topological polar surface area (TPSA) is 18.5 Å². The summed E-state index contributed by atoms with van der Waals surface area (Å²) in [6.45, 7) is 0.175. The molecule has 0 fully saturated rings. The van der Waals surface area contributed by atoms with E-state index >= 15 is 0 Å². The van der Waals surface area contributed by atoms with Gasteiger partial charge in [-0.25, -0.2) is 0 Å². The SMILES string of the molecule is COCOc1[c]cc(Cl)c(Cl)c1. The predicted molar refractivity (Wildman–Crippen MR) is 47.8 cm³/mol. The van der Waals surface area contributed by atoms with Crippen LogP contribution in [0, 0.1) is 6.07 Å². The van der Waals surface area contributed by atoms with Crippen LogP contribution < -0.4 is 4.74 Å². The van der Waals surface area contributed by atoms with E-state index in [0.717, 1.165) is 0 Å². The number of rotatable bonds is 3. The highest BCUT2D eigenvalue weighted by molar-refractivity contribution is 6.42. The van der Waals surface area contributed by atoms with E-state index < -0.39 is 0 Å². The van der Waals surface area contributed by atoms with Crippen molar-refractivity contribution in [2.45, 2.75) is 0 Å². The largest absolute Gasteiger partial charge is 0.467 e. The molecule has 0 N–H and O–H groups in total. The summed E-state index contributed by atoms with van der Waals surface area (Å²) in [5.41, 5.74) is 0. The summed E-state index contributed by atoms with van der Waals surface area (Å²) in [5.74, 6) is 0.520. The van der Waals surface area contributed by atoms with Gasteiger partial charge in [0.15, 0.2) is 6.79 Å². The Balaban J connectivity index is 2.69. The van der Waals surface area contributed by atoms with Gasteiger partial charge in [0.05, 0.1) is 10.0 Å². The van der Waals surface area contributed by atoms with Crippen LogP contribution >= 0.6 is 23.2 Å². The molecule has 65 valence electrons. The number of halogens is 2. The lowest BCUT2D eigenvalue weighted by Gasteiger charge is -2.04. The Bertz CT molecular complexity index is 263. The molecule has 1 aromatic carbocycles. The molecule has 0 atom stereocenters. The monoisotopic (exact) mass is 205 g/mol. The van der Waals surface area contributed by atoms with E-state index in [1.807, 2.05) is 0 Å². The van der Waals surface area contributed by atoms with Gasteiger partial charge >= 0.3 is 0 Å². The van der Waals surface area contributed by atoms with Crippen LogP contribution in [0.2, 0.25) is 10.0 Å². The normalized spacial score (nSPS) is 9.92. The number of hydrogen-bond acceptors (Lipinski definition) is 2. The molecule has 2 nitrogen and oxygen atoms in total. The van der Waals surface area contributed by atoms with Gasteiger partial charge in [-0.05, 0) is 6.07 Å². The molecule has 1 rings (SSSR count). The summed E-state index contributed by atoms with van der Waals surface area (Å²) in [6, 6.07) is 5.93. The predicted octanol–water partition coefficient (Wildman–Crippen LogP) is 2.78. The van der Waals surface area contributed by atoms with E-state index in [9.17, 15) is 0 Å². The van der Waals surface area contributed by atoms with E-state index in [1.54, 1.807) is 12.1 Å². The maximum Gasteiger partial charge on any atom is 0.188 e. The third-order valence-corrected chi connectivity index (χ3v) is 1.88. The van der Waals surface area contributed by atoms with E-state index in [2.05, 4.69) is 6.07 Å². The zero-order chi connectivity index (χ0) is 8.97. The first-order valence-electron chi connectivity index (χ1n) is 3.22. The van der Waals surface area contributed by atoms with Crippen molar-refractivity contribution in [3.8, 4) is 5.75 Å². The lowest BCUT2D eigenvalue weighted by atomic mass is 10.3. The van der Waals surface area contributed by atoms with E-state index in [1.165, 1.54) is 7.11 Å². The van der Waals surface area contributed by atoms with Crippen molar-refractivity contribution in [2.24, 2.45) is 0 Å². The van der Waals surface area contributed by atoms with E-state index in [0.29, 0.717) is 15.8 Å². The Morgan fingerprint density at radius 3 is 2.75 bits per heavy atom. The summed E-state index contributed by atoms with van der Waals surface area (Å²) in [4.78, 5) is 0. The average molecular weight is 206 g/mol. The molecule has 12 heavy (non-hydrogen) atoms. The number of hydrogen-bond donors (Lipinski definition) is 0. The van der Waals surface area contributed by atoms with Crippen molar-refractivity contribution in [1.82, 2.24) is 0 Å². The van der Waals surface area contributed by atoms with Crippen molar-refractivity contribution >= 4 is 23.2 Å². The molecule has 4 heteroatoms. The second kappa shape index (κ2) is 4.55. The molecule has 0 amide bonds. The molecule has 0 aliphatic rings. The van der Waals surface area contributed by atoms with Crippen LogP contribution in [0.1, 0.15) is 0 Å². The Labute approximate surface area is 81.0 Å². The molecule has 1 radical (unpaired) electrons. The molecule has 0 aliphatic carbocycles. The first-order chi connectivity index (χ1) is 5.74. The zero-order valence-electron chi connectivity index (χ0n) is 6.43.